The van der Waals surface area contributed by atoms with Gasteiger partial charge in [0.2, 0.25) is 5.91 Å². The Hall–Kier alpha value is -1.69. The van der Waals surface area contributed by atoms with E-state index in [0.29, 0.717) is 12.2 Å². The Morgan fingerprint density at radius 1 is 1.30 bits per heavy atom. The van der Waals surface area contributed by atoms with Crippen LogP contribution in [-0.4, -0.2) is 41.1 Å². The Morgan fingerprint density at radius 3 is 2.50 bits per heavy atom. The molecule has 0 saturated carbocycles. The van der Waals surface area contributed by atoms with Crippen molar-refractivity contribution >= 4 is 29.3 Å². The molecule has 0 radical (unpaired) electrons. The van der Waals surface area contributed by atoms with Crippen molar-refractivity contribution in [1.29, 1.82) is 0 Å². The molecule has 1 aromatic rings. The van der Waals surface area contributed by atoms with Crippen molar-refractivity contribution in [3.8, 4) is 0 Å². The maximum absolute atomic E-state index is 12.0. The van der Waals surface area contributed by atoms with E-state index in [4.69, 9.17) is 5.11 Å². The molecule has 3 N–H and O–H groups in total. The molecule has 0 aliphatic heterocycles. The predicted molar refractivity (Wildman–Crippen MR) is 82.1 cm³/mol. The number of thioether (sulfide) groups is 1. The van der Waals surface area contributed by atoms with Gasteiger partial charge >= 0.3 is 5.97 Å². The van der Waals surface area contributed by atoms with E-state index >= 15 is 0 Å². The summed E-state index contributed by atoms with van der Waals surface area (Å²) in [6, 6.07) is 8.00. The van der Waals surface area contributed by atoms with Gasteiger partial charge in [-0.25, -0.2) is 4.79 Å². The van der Waals surface area contributed by atoms with E-state index < -0.39 is 18.1 Å². The second-order valence-electron chi connectivity index (χ2n) is 4.41. The van der Waals surface area contributed by atoms with Gasteiger partial charge in [-0.2, -0.15) is 11.8 Å². The van der Waals surface area contributed by atoms with E-state index in [2.05, 4.69) is 10.6 Å². The molecule has 0 unspecified atom stereocenters. The minimum absolute atomic E-state index is 0.317. The van der Waals surface area contributed by atoms with Gasteiger partial charge in [0.25, 0.3) is 0 Å². The number of benzene rings is 1. The number of hydrogen-bond acceptors (Lipinski definition) is 4. The molecule has 20 heavy (non-hydrogen) atoms. The standard InChI is InChI=1S/C14H20N2O3S/c1-10(15-11-6-4-3-5-7-11)13(17)16-12(14(18)19)8-9-20-2/h3-7,10,12,15H,8-9H2,1-2H3,(H,16,17)(H,18,19)/t10-,12-/m0/s1. The fourth-order valence-corrected chi connectivity index (χ4v) is 2.11. The van der Waals surface area contributed by atoms with Crippen molar-refractivity contribution in [1.82, 2.24) is 5.32 Å². The second kappa shape index (κ2) is 8.47. The first-order chi connectivity index (χ1) is 9.54. The van der Waals surface area contributed by atoms with Gasteiger partial charge in [0, 0.05) is 5.69 Å². The molecular weight excluding hydrogens is 276 g/mol. The highest BCUT2D eigenvalue weighted by Gasteiger charge is 2.22. The number of amides is 1. The number of carbonyl (C=O) groups is 2. The summed E-state index contributed by atoms with van der Waals surface area (Å²) in [6.45, 7) is 1.70. The third-order valence-electron chi connectivity index (χ3n) is 2.78. The molecule has 5 nitrogen and oxygen atoms in total. The number of para-hydroxylation sites is 1. The summed E-state index contributed by atoms with van der Waals surface area (Å²) in [5.41, 5.74) is 0.825. The molecular formula is C14H20N2O3S. The molecule has 0 aliphatic carbocycles. The number of anilines is 1. The Labute approximate surface area is 123 Å². The molecule has 0 spiro atoms. The number of nitrogens with one attached hydrogen (secondary N) is 2. The number of aliphatic carboxylic acids is 1. The van der Waals surface area contributed by atoms with Gasteiger partial charge < -0.3 is 15.7 Å². The maximum atomic E-state index is 12.0. The van der Waals surface area contributed by atoms with E-state index in [0.717, 1.165) is 5.69 Å². The molecule has 1 amide bonds. The largest absolute Gasteiger partial charge is 0.480 e. The normalized spacial score (nSPS) is 13.3. The highest BCUT2D eigenvalue weighted by molar-refractivity contribution is 7.98. The number of carbonyl (C=O) groups excluding carboxylic acids is 1. The average molecular weight is 296 g/mol. The SMILES string of the molecule is CSCC[C@H](NC(=O)[C@H](C)Nc1ccccc1)C(=O)O. The average Bonchev–Trinajstić information content (AvgIpc) is 2.43. The van der Waals surface area contributed by atoms with Crippen LogP contribution < -0.4 is 10.6 Å². The topological polar surface area (TPSA) is 78.4 Å². The van der Waals surface area contributed by atoms with Crippen LogP contribution in [0, 0.1) is 0 Å². The summed E-state index contributed by atoms with van der Waals surface area (Å²) in [5, 5.41) is 14.7. The van der Waals surface area contributed by atoms with Crippen LogP contribution in [0.5, 0.6) is 0 Å². The summed E-state index contributed by atoms with van der Waals surface area (Å²) in [4.78, 5) is 23.1. The van der Waals surface area contributed by atoms with Crippen molar-refractivity contribution in [2.45, 2.75) is 25.4 Å². The van der Waals surface area contributed by atoms with Crippen molar-refractivity contribution in [2.24, 2.45) is 0 Å². The summed E-state index contributed by atoms with van der Waals surface area (Å²) < 4.78 is 0. The highest BCUT2D eigenvalue weighted by atomic mass is 32.2. The van der Waals surface area contributed by atoms with Crippen LogP contribution in [0.25, 0.3) is 0 Å². The van der Waals surface area contributed by atoms with Crippen LogP contribution in [0.3, 0.4) is 0 Å². The first-order valence-corrected chi connectivity index (χ1v) is 7.77. The molecule has 0 aromatic heterocycles. The fourth-order valence-electron chi connectivity index (χ4n) is 1.64. The molecule has 0 fully saturated rings. The number of rotatable bonds is 8. The van der Waals surface area contributed by atoms with E-state index in [9.17, 15) is 9.59 Å². The minimum Gasteiger partial charge on any atom is -0.480 e. The minimum atomic E-state index is -1.00. The van der Waals surface area contributed by atoms with Crippen molar-refractivity contribution < 1.29 is 14.7 Å². The second-order valence-corrected chi connectivity index (χ2v) is 5.40. The lowest BCUT2D eigenvalue weighted by Gasteiger charge is -2.19. The summed E-state index contributed by atoms with van der Waals surface area (Å²) >= 11 is 1.56. The molecule has 1 aromatic carbocycles. The Kier molecular flexibility index (Phi) is 6.93. The third-order valence-corrected chi connectivity index (χ3v) is 3.42. The summed E-state index contributed by atoms with van der Waals surface area (Å²) in [7, 11) is 0. The third kappa shape index (κ3) is 5.52. The van der Waals surface area contributed by atoms with Crippen LogP contribution in [-0.2, 0) is 9.59 Å². The van der Waals surface area contributed by atoms with E-state index in [1.54, 1.807) is 18.7 Å². The molecule has 0 bridgehead atoms. The fraction of sp³-hybridized carbons (Fsp3) is 0.429. The molecule has 110 valence electrons. The lowest BCUT2D eigenvalue weighted by molar-refractivity contribution is -0.141. The van der Waals surface area contributed by atoms with Crippen molar-refractivity contribution in [2.75, 3.05) is 17.3 Å². The van der Waals surface area contributed by atoms with E-state index in [1.807, 2.05) is 36.6 Å². The van der Waals surface area contributed by atoms with Crippen LogP contribution in [0.15, 0.2) is 30.3 Å². The van der Waals surface area contributed by atoms with E-state index in [-0.39, 0.29) is 5.91 Å². The molecule has 2 atom stereocenters. The smallest absolute Gasteiger partial charge is 0.326 e. The van der Waals surface area contributed by atoms with Crippen LogP contribution >= 0.6 is 11.8 Å². The molecule has 6 heteroatoms. The van der Waals surface area contributed by atoms with Gasteiger partial charge in [0.15, 0.2) is 0 Å². The number of carboxylic acid groups (broad SMARTS) is 1. The quantitative estimate of drug-likeness (QED) is 0.682. The molecule has 0 aliphatic rings. The molecule has 0 saturated heterocycles. The van der Waals surface area contributed by atoms with Gasteiger partial charge in [-0.1, -0.05) is 18.2 Å². The van der Waals surface area contributed by atoms with Crippen LogP contribution in [0.1, 0.15) is 13.3 Å². The van der Waals surface area contributed by atoms with Crippen molar-refractivity contribution in [3.63, 3.8) is 0 Å². The summed E-state index contributed by atoms with van der Waals surface area (Å²) in [5.74, 6) is -0.626. The van der Waals surface area contributed by atoms with E-state index in [1.165, 1.54) is 0 Å². The molecule has 0 heterocycles. The van der Waals surface area contributed by atoms with Crippen LogP contribution in [0.4, 0.5) is 5.69 Å². The first kappa shape index (κ1) is 16.4. The zero-order valence-corrected chi connectivity index (χ0v) is 12.4. The van der Waals surface area contributed by atoms with Gasteiger partial charge in [-0.05, 0) is 37.5 Å². The number of carboxylic acids is 1. The monoisotopic (exact) mass is 296 g/mol. The van der Waals surface area contributed by atoms with Gasteiger partial charge in [0.1, 0.15) is 12.1 Å². The first-order valence-electron chi connectivity index (χ1n) is 6.38. The van der Waals surface area contributed by atoms with Gasteiger partial charge in [0.05, 0.1) is 0 Å². The Bertz CT molecular complexity index is 439. The zero-order chi connectivity index (χ0) is 15.0. The number of hydrogen-bond donors (Lipinski definition) is 3. The summed E-state index contributed by atoms with van der Waals surface area (Å²) in [6.07, 6.45) is 2.32. The van der Waals surface area contributed by atoms with Crippen LogP contribution in [0.2, 0.25) is 0 Å². The maximum Gasteiger partial charge on any atom is 0.326 e. The van der Waals surface area contributed by atoms with Gasteiger partial charge in [-0.15, -0.1) is 0 Å². The lowest BCUT2D eigenvalue weighted by Crippen LogP contribution is -2.47. The zero-order valence-electron chi connectivity index (χ0n) is 11.6. The Morgan fingerprint density at radius 2 is 1.95 bits per heavy atom. The predicted octanol–water partition coefficient (Wildman–Crippen LogP) is 1.81. The highest BCUT2D eigenvalue weighted by Crippen LogP contribution is 2.07. The lowest BCUT2D eigenvalue weighted by atomic mass is 10.2. The molecule has 1 rings (SSSR count). The van der Waals surface area contributed by atoms with Crippen molar-refractivity contribution in [3.05, 3.63) is 30.3 Å². The van der Waals surface area contributed by atoms with Gasteiger partial charge in [-0.3, -0.25) is 4.79 Å². The Balaban J connectivity index is 2.53.